The highest BCUT2D eigenvalue weighted by atomic mass is 16.6. The number of carbonyl (C=O) groups is 1. The minimum atomic E-state index is -0.531. The van der Waals surface area contributed by atoms with Gasteiger partial charge in [0.05, 0.1) is 18.2 Å². The van der Waals surface area contributed by atoms with Gasteiger partial charge in [-0.05, 0) is 20.8 Å². The molecule has 0 saturated heterocycles. The molecule has 1 rings (SSSR count). The molecule has 0 aliphatic carbocycles. The standard InChI is InChI=1S/C10H13N3O2/c1-10(2,3)15-9(14)13-6-8(4-5-11)12-7-13/h6-7H,4H2,1-3H3. The van der Waals surface area contributed by atoms with Crippen molar-refractivity contribution in [2.24, 2.45) is 0 Å². The van der Waals surface area contributed by atoms with Crippen molar-refractivity contribution in [3.05, 3.63) is 18.2 Å². The Bertz CT molecular complexity index is 396. The normalized spacial score (nSPS) is 10.8. The molecule has 15 heavy (non-hydrogen) atoms. The van der Waals surface area contributed by atoms with E-state index in [-0.39, 0.29) is 6.42 Å². The number of hydrogen-bond donors (Lipinski definition) is 0. The first-order valence-corrected chi connectivity index (χ1v) is 4.55. The van der Waals surface area contributed by atoms with E-state index in [0.29, 0.717) is 5.69 Å². The smallest absolute Gasteiger partial charge is 0.419 e. The molecular formula is C10H13N3O2. The predicted molar refractivity (Wildman–Crippen MR) is 53.2 cm³/mol. The minimum Gasteiger partial charge on any atom is -0.443 e. The van der Waals surface area contributed by atoms with E-state index in [0.717, 1.165) is 0 Å². The van der Waals surface area contributed by atoms with Gasteiger partial charge in [-0.15, -0.1) is 0 Å². The maximum Gasteiger partial charge on any atom is 0.419 e. The Morgan fingerprint density at radius 2 is 2.33 bits per heavy atom. The number of rotatable bonds is 1. The van der Waals surface area contributed by atoms with Gasteiger partial charge in [0.25, 0.3) is 0 Å². The van der Waals surface area contributed by atoms with Crippen LogP contribution in [0.25, 0.3) is 0 Å². The van der Waals surface area contributed by atoms with Crippen molar-refractivity contribution < 1.29 is 9.53 Å². The Morgan fingerprint density at radius 3 is 2.87 bits per heavy atom. The van der Waals surface area contributed by atoms with Crippen LogP contribution in [0.5, 0.6) is 0 Å². The third kappa shape index (κ3) is 3.43. The molecular weight excluding hydrogens is 194 g/mol. The SMILES string of the molecule is CC(C)(C)OC(=O)n1cnc(CC#N)c1. The number of carbonyl (C=O) groups excluding carboxylic acids is 1. The summed E-state index contributed by atoms with van der Waals surface area (Å²) in [5.74, 6) is 0. The van der Waals surface area contributed by atoms with E-state index in [1.54, 1.807) is 20.8 Å². The summed E-state index contributed by atoms with van der Waals surface area (Å²) in [7, 11) is 0. The maximum atomic E-state index is 11.5. The molecule has 0 aliphatic rings. The first-order valence-electron chi connectivity index (χ1n) is 4.55. The quantitative estimate of drug-likeness (QED) is 0.703. The summed E-state index contributed by atoms with van der Waals surface area (Å²) in [5.41, 5.74) is 0.0277. The highest BCUT2D eigenvalue weighted by Gasteiger charge is 2.17. The summed E-state index contributed by atoms with van der Waals surface area (Å²) in [6.07, 6.45) is 2.55. The minimum absolute atomic E-state index is 0.190. The molecule has 0 unspecified atom stereocenters. The molecule has 1 aromatic rings. The molecule has 0 radical (unpaired) electrons. The van der Waals surface area contributed by atoms with Crippen LogP contribution in [0.1, 0.15) is 26.5 Å². The van der Waals surface area contributed by atoms with Crippen molar-refractivity contribution in [3.8, 4) is 6.07 Å². The molecule has 0 N–H and O–H groups in total. The van der Waals surface area contributed by atoms with Crippen LogP contribution in [0.3, 0.4) is 0 Å². The summed E-state index contributed by atoms with van der Waals surface area (Å²) in [4.78, 5) is 15.4. The van der Waals surface area contributed by atoms with Crippen molar-refractivity contribution >= 4 is 6.09 Å². The van der Waals surface area contributed by atoms with E-state index >= 15 is 0 Å². The van der Waals surface area contributed by atoms with Gasteiger partial charge in [-0.3, -0.25) is 0 Å². The Balaban J connectivity index is 2.71. The van der Waals surface area contributed by atoms with Crippen molar-refractivity contribution in [2.45, 2.75) is 32.8 Å². The first kappa shape index (κ1) is 11.2. The largest absolute Gasteiger partial charge is 0.443 e. The van der Waals surface area contributed by atoms with Crippen molar-refractivity contribution in [1.29, 1.82) is 5.26 Å². The zero-order valence-corrected chi connectivity index (χ0v) is 9.02. The lowest BCUT2D eigenvalue weighted by molar-refractivity contribution is 0.0536. The number of hydrogen-bond acceptors (Lipinski definition) is 4. The molecule has 0 atom stereocenters. The molecule has 1 aromatic heterocycles. The topological polar surface area (TPSA) is 67.9 Å². The molecule has 0 saturated carbocycles. The average Bonchev–Trinajstić information content (AvgIpc) is 2.50. The number of ether oxygens (including phenoxy) is 1. The van der Waals surface area contributed by atoms with Crippen LogP contribution in [-0.4, -0.2) is 21.2 Å². The second-order valence-corrected chi connectivity index (χ2v) is 4.09. The third-order valence-electron chi connectivity index (χ3n) is 1.50. The Hall–Kier alpha value is -1.83. The highest BCUT2D eigenvalue weighted by Crippen LogP contribution is 2.09. The summed E-state index contributed by atoms with van der Waals surface area (Å²) >= 11 is 0. The molecule has 0 aromatic carbocycles. The molecule has 0 aliphatic heterocycles. The van der Waals surface area contributed by atoms with Crippen LogP contribution in [0.15, 0.2) is 12.5 Å². The first-order chi connectivity index (χ1) is 6.92. The molecule has 80 valence electrons. The Labute approximate surface area is 88.3 Å². The van der Waals surface area contributed by atoms with Crippen molar-refractivity contribution in [1.82, 2.24) is 9.55 Å². The molecule has 5 nitrogen and oxygen atoms in total. The molecule has 0 fully saturated rings. The zero-order valence-electron chi connectivity index (χ0n) is 9.02. The van der Waals surface area contributed by atoms with Gasteiger partial charge in [-0.25, -0.2) is 14.3 Å². The number of imidazole rings is 1. The van der Waals surface area contributed by atoms with Gasteiger partial charge in [0.1, 0.15) is 11.9 Å². The number of aromatic nitrogens is 2. The second kappa shape index (κ2) is 4.13. The third-order valence-corrected chi connectivity index (χ3v) is 1.50. The Kier molecular flexibility index (Phi) is 3.10. The molecule has 5 heteroatoms. The van der Waals surface area contributed by atoms with Gasteiger partial charge in [-0.1, -0.05) is 0 Å². The van der Waals surface area contributed by atoms with E-state index in [1.165, 1.54) is 17.1 Å². The van der Waals surface area contributed by atoms with Gasteiger partial charge in [0.15, 0.2) is 0 Å². The van der Waals surface area contributed by atoms with E-state index < -0.39 is 11.7 Å². The van der Waals surface area contributed by atoms with Gasteiger partial charge >= 0.3 is 6.09 Å². The van der Waals surface area contributed by atoms with E-state index in [9.17, 15) is 4.79 Å². The summed E-state index contributed by atoms with van der Waals surface area (Å²) < 4.78 is 6.35. The fourth-order valence-corrected chi connectivity index (χ4v) is 0.950. The lowest BCUT2D eigenvalue weighted by Crippen LogP contribution is -2.26. The van der Waals surface area contributed by atoms with Crippen molar-refractivity contribution in [2.75, 3.05) is 0 Å². The van der Waals surface area contributed by atoms with Gasteiger partial charge < -0.3 is 4.74 Å². The van der Waals surface area contributed by atoms with Gasteiger partial charge in [0, 0.05) is 6.20 Å². The van der Waals surface area contributed by atoms with Crippen LogP contribution >= 0.6 is 0 Å². The lowest BCUT2D eigenvalue weighted by Gasteiger charge is -2.18. The number of nitrogens with zero attached hydrogens (tertiary/aromatic N) is 3. The van der Waals surface area contributed by atoms with E-state index in [4.69, 9.17) is 10.00 Å². The van der Waals surface area contributed by atoms with Crippen molar-refractivity contribution in [3.63, 3.8) is 0 Å². The van der Waals surface area contributed by atoms with Crippen LogP contribution in [0.4, 0.5) is 4.79 Å². The fourth-order valence-electron chi connectivity index (χ4n) is 0.950. The summed E-state index contributed by atoms with van der Waals surface area (Å²) in [5, 5.41) is 8.44. The fraction of sp³-hybridized carbons (Fsp3) is 0.500. The van der Waals surface area contributed by atoms with E-state index in [2.05, 4.69) is 4.98 Å². The molecule has 0 bridgehead atoms. The molecule has 1 heterocycles. The number of nitriles is 1. The Morgan fingerprint density at radius 1 is 1.67 bits per heavy atom. The lowest BCUT2D eigenvalue weighted by atomic mass is 10.2. The molecule has 0 spiro atoms. The molecule has 0 amide bonds. The predicted octanol–water partition coefficient (Wildman–Crippen LogP) is 1.73. The van der Waals surface area contributed by atoms with Crippen LogP contribution in [0, 0.1) is 11.3 Å². The second-order valence-electron chi connectivity index (χ2n) is 4.09. The summed E-state index contributed by atoms with van der Waals surface area (Å²) in [6.45, 7) is 5.37. The highest BCUT2D eigenvalue weighted by molar-refractivity contribution is 5.70. The summed E-state index contributed by atoms with van der Waals surface area (Å²) in [6, 6.07) is 1.96. The van der Waals surface area contributed by atoms with Crippen LogP contribution < -0.4 is 0 Å². The zero-order chi connectivity index (χ0) is 11.5. The average molecular weight is 207 g/mol. The van der Waals surface area contributed by atoms with Crippen LogP contribution in [-0.2, 0) is 11.2 Å². The monoisotopic (exact) mass is 207 g/mol. The van der Waals surface area contributed by atoms with Gasteiger partial charge in [-0.2, -0.15) is 5.26 Å². The maximum absolute atomic E-state index is 11.5. The van der Waals surface area contributed by atoms with E-state index in [1.807, 2.05) is 6.07 Å². The van der Waals surface area contributed by atoms with Crippen LogP contribution in [0.2, 0.25) is 0 Å². The van der Waals surface area contributed by atoms with Gasteiger partial charge in [0.2, 0.25) is 0 Å².